The summed E-state index contributed by atoms with van der Waals surface area (Å²) in [6.07, 6.45) is 1.84. The van der Waals surface area contributed by atoms with Crippen LogP contribution in [0, 0.1) is 13.8 Å². The van der Waals surface area contributed by atoms with Gasteiger partial charge in [0.05, 0.1) is 12.8 Å². The van der Waals surface area contributed by atoms with Crippen LogP contribution in [0.4, 0.5) is 10.5 Å². The zero-order chi connectivity index (χ0) is 21.0. The summed E-state index contributed by atoms with van der Waals surface area (Å²) in [5, 5.41) is 2.49. The number of ether oxygens (including phenoxy) is 1. The highest BCUT2D eigenvalue weighted by atomic mass is 16.5. The van der Waals surface area contributed by atoms with E-state index in [9.17, 15) is 9.59 Å². The quantitative estimate of drug-likeness (QED) is 0.805. The number of primary amides is 1. The van der Waals surface area contributed by atoms with Gasteiger partial charge in [-0.25, -0.2) is 4.79 Å². The Bertz CT molecular complexity index is 890. The number of hydrogen-bond donors (Lipinski definition) is 2. The molecule has 1 fully saturated rings. The number of urea groups is 1. The molecular formula is C21H27N5O3. The second-order valence-electron chi connectivity index (χ2n) is 7.18. The molecule has 154 valence electrons. The maximum atomic E-state index is 12.7. The molecule has 8 nitrogen and oxygen atoms in total. The van der Waals surface area contributed by atoms with Crippen molar-refractivity contribution in [3.05, 3.63) is 52.8 Å². The van der Waals surface area contributed by atoms with Gasteiger partial charge in [0, 0.05) is 61.3 Å². The van der Waals surface area contributed by atoms with Crippen molar-refractivity contribution in [2.24, 2.45) is 5.73 Å². The van der Waals surface area contributed by atoms with E-state index in [1.54, 1.807) is 31.4 Å². The lowest BCUT2D eigenvalue weighted by atomic mass is 10.1. The van der Waals surface area contributed by atoms with E-state index in [4.69, 9.17) is 10.5 Å². The number of anilines is 1. The molecule has 3 N–H and O–H groups in total. The summed E-state index contributed by atoms with van der Waals surface area (Å²) >= 11 is 0. The molecule has 1 saturated heterocycles. The number of amides is 3. The van der Waals surface area contributed by atoms with Crippen LogP contribution in [0.5, 0.6) is 5.75 Å². The van der Waals surface area contributed by atoms with E-state index in [2.05, 4.69) is 15.2 Å². The SMILES string of the molecule is COc1c(C)cnc(CN2CCN(C(=O)c3ccc(NC(N)=O)cc3)CC2)c1C. The minimum absolute atomic E-state index is 0.0124. The Balaban J connectivity index is 1.58. The highest BCUT2D eigenvalue weighted by Gasteiger charge is 2.23. The number of nitrogens with two attached hydrogens (primary N) is 1. The largest absolute Gasteiger partial charge is 0.496 e. The highest BCUT2D eigenvalue weighted by molar-refractivity contribution is 5.95. The van der Waals surface area contributed by atoms with Crippen LogP contribution in [0.1, 0.15) is 27.2 Å². The van der Waals surface area contributed by atoms with Crippen molar-refractivity contribution in [2.45, 2.75) is 20.4 Å². The third-order valence-corrected chi connectivity index (χ3v) is 5.18. The van der Waals surface area contributed by atoms with E-state index in [0.29, 0.717) is 24.3 Å². The first-order valence-electron chi connectivity index (χ1n) is 9.56. The van der Waals surface area contributed by atoms with Crippen molar-refractivity contribution in [3.63, 3.8) is 0 Å². The van der Waals surface area contributed by atoms with Crippen LogP contribution in [0.3, 0.4) is 0 Å². The molecule has 0 radical (unpaired) electrons. The first-order chi connectivity index (χ1) is 13.9. The maximum absolute atomic E-state index is 12.7. The zero-order valence-electron chi connectivity index (χ0n) is 17.1. The standard InChI is InChI=1S/C21H27N5O3/c1-14-12-23-18(15(2)19(14)29-3)13-25-8-10-26(11-9-25)20(27)16-4-6-17(7-5-16)24-21(22)28/h4-7,12H,8-11,13H2,1-3H3,(H3,22,24,28). The molecule has 1 aromatic carbocycles. The number of carbonyl (C=O) groups is 2. The Morgan fingerprint density at radius 2 is 1.79 bits per heavy atom. The van der Waals surface area contributed by atoms with E-state index in [0.717, 1.165) is 42.2 Å². The molecule has 1 aliphatic heterocycles. The molecule has 0 atom stereocenters. The van der Waals surface area contributed by atoms with Gasteiger partial charge in [0.15, 0.2) is 0 Å². The van der Waals surface area contributed by atoms with Gasteiger partial charge >= 0.3 is 6.03 Å². The monoisotopic (exact) mass is 397 g/mol. The first-order valence-corrected chi connectivity index (χ1v) is 9.56. The van der Waals surface area contributed by atoms with Crippen LogP contribution in [0.25, 0.3) is 0 Å². The summed E-state index contributed by atoms with van der Waals surface area (Å²) in [5.74, 6) is 0.875. The second-order valence-corrected chi connectivity index (χ2v) is 7.18. The fraction of sp³-hybridized carbons (Fsp3) is 0.381. The number of nitrogens with zero attached hydrogens (tertiary/aromatic N) is 3. The van der Waals surface area contributed by atoms with E-state index >= 15 is 0 Å². The molecule has 0 unspecified atom stereocenters. The molecule has 1 aromatic heterocycles. The van der Waals surface area contributed by atoms with Gasteiger partial charge in [-0.05, 0) is 38.1 Å². The van der Waals surface area contributed by atoms with Gasteiger partial charge in [0.2, 0.25) is 0 Å². The average Bonchev–Trinajstić information content (AvgIpc) is 2.71. The maximum Gasteiger partial charge on any atom is 0.316 e. The second kappa shape index (κ2) is 8.91. The van der Waals surface area contributed by atoms with Crippen molar-refractivity contribution < 1.29 is 14.3 Å². The molecule has 3 rings (SSSR count). The predicted octanol–water partition coefficient (Wildman–Crippen LogP) is 2.16. The number of methoxy groups -OCH3 is 1. The van der Waals surface area contributed by atoms with Crippen LogP contribution in [-0.4, -0.2) is 60.0 Å². The van der Waals surface area contributed by atoms with Crippen molar-refractivity contribution in [3.8, 4) is 5.75 Å². The average molecular weight is 397 g/mol. The lowest BCUT2D eigenvalue weighted by Gasteiger charge is -2.35. The number of benzene rings is 1. The normalized spacial score (nSPS) is 14.5. The Morgan fingerprint density at radius 1 is 1.14 bits per heavy atom. The molecule has 2 aromatic rings. The van der Waals surface area contributed by atoms with Crippen molar-refractivity contribution in [2.75, 3.05) is 38.6 Å². The van der Waals surface area contributed by atoms with Gasteiger partial charge in [-0.3, -0.25) is 14.7 Å². The fourth-order valence-electron chi connectivity index (χ4n) is 3.57. The number of aryl methyl sites for hydroxylation is 1. The molecule has 1 aliphatic rings. The Morgan fingerprint density at radius 3 is 2.38 bits per heavy atom. The number of nitrogens with one attached hydrogen (secondary N) is 1. The van der Waals surface area contributed by atoms with E-state index in [1.165, 1.54) is 0 Å². The van der Waals surface area contributed by atoms with Gasteiger partial charge in [0.1, 0.15) is 5.75 Å². The van der Waals surface area contributed by atoms with Crippen molar-refractivity contribution >= 4 is 17.6 Å². The molecule has 0 bridgehead atoms. The minimum atomic E-state index is -0.629. The van der Waals surface area contributed by atoms with E-state index in [1.807, 2.05) is 24.9 Å². The number of carbonyl (C=O) groups excluding carboxylic acids is 2. The summed E-state index contributed by atoms with van der Waals surface area (Å²) in [6, 6.07) is 6.12. The molecule has 8 heteroatoms. The topological polar surface area (TPSA) is 101 Å². The van der Waals surface area contributed by atoms with E-state index < -0.39 is 6.03 Å². The summed E-state index contributed by atoms with van der Waals surface area (Å²) in [4.78, 5) is 32.3. The molecule has 2 heterocycles. The summed E-state index contributed by atoms with van der Waals surface area (Å²) in [5.41, 5.74) is 9.35. The molecule has 0 aliphatic carbocycles. The number of pyridine rings is 1. The van der Waals surface area contributed by atoms with Crippen LogP contribution in [-0.2, 0) is 6.54 Å². The zero-order valence-corrected chi connectivity index (χ0v) is 17.1. The number of piperazine rings is 1. The summed E-state index contributed by atoms with van der Waals surface area (Å²) in [7, 11) is 1.68. The van der Waals surface area contributed by atoms with Crippen molar-refractivity contribution in [1.29, 1.82) is 0 Å². The smallest absolute Gasteiger partial charge is 0.316 e. The van der Waals surface area contributed by atoms with Crippen molar-refractivity contribution in [1.82, 2.24) is 14.8 Å². The lowest BCUT2D eigenvalue weighted by molar-refractivity contribution is 0.0626. The third kappa shape index (κ3) is 4.83. The van der Waals surface area contributed by atoms with Gasteiger partial charge in [-0.1, -0.05) is 0 Å². The van der Waals surface area contributed by atoms with Crippen LogP contribution >= 0.6 is 0 Å². The lowest BCUT2D eigenvalue weighted by Crippen LogP contribution is -2.48. The predicted molar refractivity (Wildman–Crippen MR) is 111 cm³/mol. The molecule has 0 spiro atoms. The van der Waals surface area contributed by atoms with Gasteiger partial charge in [0.25, 0.3) is 5.91 Å². The molecule has 0 saturated carbocycles. The minimum Gasteiger partial charge on any atom is -0.496 e. The first kappa shape index (κ1) is 20.6. The summed E-state index contributed by atoms with van der Waals surface area (Å²) in [6.45, 7) is 7.63. The Labute approximate surface area is 170 Å². The Hall–Kier alpha value is -3.13. The van der Waals surface area contributed by atoms with Gasteiger partial charge in [-0.2, -0.15) is 0 Å². The van der Waals surface area contributed by atoms with Crippen LogP contribution in [0.15, 0.2) is 30.5 Å². The number of aromatic nitrogens is 1. The Kier molecular flexibility index (Phi) is 6.33. The fourth-order valence-corrected chi connectivity index (χ4v) is 3.57. The summed E-state index contributed by atoms with van der Waals surface area (Å²) < 4.78 is 5.49. The van der Waals surface area contributed by atoms with Crippen LogP contribution < -0.4 is 15.8 Å². The van der Waals surface area contributed by atoms with Gasteiger partial charge in [-0.15, -0.1) is 0 Å². The molecule has 3 amide bonds. The molecule has 29 heavy (non-hydrogen) atoms. The number of rotatable bonds is 5. The third-order valence-electron chi connectivity index (χ3n) is 5.18. The van der Waals surface area contributed by atoms with E-state index in [-0.39, 0.29) is 5.91 Å². The number of hydrogen-bond acceptors (Lipinski definition) is 5. The highest BCUT2D eigenvalue weighted by Crippen LogP contribution is 2.25. The van der Waals surface area contributed by atoms with Crippen LogP contribution in [0.2, 0.25) is 0 Å². The van der Waals surface area contributed by atoms with Gasteiger partial charge < -0.3 is 20.7 Å². The molecular weight excluding hydrogens is 370 g/mol.